The van der Waals surface area contributed by atoms with Crippen molar-refractivity contribution in [2.75, 3.05) is 17.7 Å². The van der Waals surface area contributed by atoms with Crippen molar-refractivity contribution in [2.24, 2.45) is 0 Å². The molecule has 0 radical (unpaired) electrons. The van der Waals surface area contributed by atoms with Gasteiger partial charge in [0.2, 0.25) is 0 Å². The van der Waals surface area contributed by atoms with Gasteiger partial charge >= 0.3 is 0 Å². The molecule has 0 fully saturated rings. The molecule has 0 atom stereocenters. The SMILES string of the molecule is COc1cccc(Nc2nc3ccccc3nc2Nc2cc(C)nn2-c2ccccc2)c1. The van der Waals surface area contributed by atoms with Gasteiger partial charge in [0, 0.05) is 17.8 Å². The summed E-state index contributed by atoms with van der Waals surface area (Å²) in [5, 5.41) is 11.5. The predicted molar refractivity (Wildman–Crippen MR) is 127 cm³/mol. The summed E-state index contributed by atoms with van der Waals surface area (Å²) in [6.07, 6.45) is 0. The Morgan fingerprint density at radius 2 is 1.44 bits per heavy atom. The van der Waals surface area contributed by atoms with Gasteiger partial charge in [0.05, 0.1) is 29.5 Å². The highest BCUT2D eigenvalue weighted by Crippen LogP contribution is 2.30. The Balaban J connectivity index is 1.58. The number of benzene rings is 3. The molecule has 158 valence electrons. The summed E-state index contributed by atoms with van der Waals surface area (Å²) >= 11 is 0. The lowest BCUT2D eigenvalue weighted by molar-refractivity contribution is 0.415. The fourth-order valence-electron chi connectivity index (χ4n) is 3.49. The van der Waals surface area contributed by atoms with Crippen LogP contribution in [0.1, 0.15) is 5.69 Å². The first kappa shape index (κ1) is 19.6. The van der Waals surface area contributed by atoms with Gasteiger partial charge in [-0.15, -0.1) is 0 Å². The Hall–Kier alpha value is -4.39. The minimum absolute atomic E-state index is 0.601. The maximum absolute atomic E-state index is 5.35. The molecule has 0 unspecified atom stereocenters. The van der Waals surface area contributed by atoms with Gasteiger partial charge < -0.3 is 15.4 Å². The standard InChI is InChI=1S/C25H22N6O/c1-17-15-23(31(30-17)19-10-4-3-5-11-19)29-25-24(26-18-9-8-12-20(16-18)32-2)27-21-13-6-7-14-22(21)28-25/h3-16H,1-2H3,(H,26,27)(H,28,29). The van der Waals surface area contributed by atoms with Crippen LogP contribution < -0.4 is 15.4 Å². The summed E-state index contributed by atoms with van der Waals surface area (Å²) < 4.78 is 7.22. The van der Waals surface area contributed by atoms with Crippen LogP contribution >= 0.6 is 0 Å². The van der Waals surface area contributed by atoms with Crippen LogP contribution in [0.25, 0.3) is 16.7 Å². The van der Waals surface area contributed by atoms with Crippen LogP contribution in [0.15, 0.2) is 84.9 Å². The third-order valence-corrected chi connectivity index (χ3v) is 4.98. The van der Waals surface area contributed by atoms with E-state index in [2.05, 4.69) is 15.7 Å². The van der Waals surface area contributed by atoms with E-state index in [9.17, 15) is 0 Å². The van der Waals surface area contributed by atoms with E-state index in [-0.39, 0.29) is 0 Å². The van der Waals surface area contributed by atoms with Crippen molar-refractivity contribution in [1.29, 1.82) is 0 Å². The number of nitrogens with zero attached hydrogens (tertiary/aromatic N) is 4. The fourth-order valence-corrected chi connectivity index (χ4v) is 3.49. The number of methoxy groups -OCH3 is 1. The van der Waals surface area contributed by atoms with Gasteiger partial charge in [0.1, 0.15) is 11.6 Å². The van der Waals surface area contributed by atoms with Gasteiger partial charge in [-0.05, 0) is 43.3 Å². The second-order valence-electron chi connectivity index (χ2n) is 7.31. The van der Waals surface area contributed by atoms with Gasteiger partial charge in [-0.3, -0.25) is 0 Å². The van der Waals surface area contributed by atoms with Gasteiger partial charge in [-0.2, -0.15) is 5.10 Å². The van der Waals surface area contributed by atoms with E-state index in [1.807, 2.05) is 96.5 Å². The summed E-state index contributed by atoms with van der Waals surface area (Å²) in [5.74, 6) is 2.77. The van der Waals surface area contributed by atoms with Crippen LogP contribution in [0, 0.1) is 6.92 Å². The van der Waals surface area contributed by atoms with Crippen LogP contribution in [-0.2, 0) is 0 Å². The highest BCUT2D eigenvalue weighted by Gasteiger charge is 2.14. The van der Waals surface area contributed by atoms with Crippen LogP contribution in [0.5, 0.6) is 5.75 Å². The highest BCUT2D eigenvalue weighted by atomic mass is 16.5. The molecule has 0 aliphatic heterocycles. The van der Waals surface area contributed by atoms with Crippen LogP contribution in [0.4, 0.5) is 23.1 Å². The van der Waals surface area contributed by atoms with Crippen LogP contribution in [0.3, 0.4) is 0 Å². The molecule has 7 heteroatoms. The lowest BCUT2D eigenvalue weighted by atomic mass is 10.3. The smallest absolute Gasteiger partial charge is 0.175 e. The summed E-state index contributed by atoms with van der Waals surface area (Å²) in [5.41, 5.74) is 4.31. The molecular weight excluding hydrogens is 400 g/mol. The number of ether oxygens (including phenoxy) is 1. The molecule has 3 aromatic carbocycles. The van der Waals surface area contributed by atoms with Crippen molar-refractivity contribution < 1.29 is 4.74 Å². The van der Waals surface area contributed by atoms with E-state index in [0.29, 0.717) is 11.6 Å². The van der Waals surface area contributed by atoms with E-state index in [1.165, 1.54) is 0 Å². The second-order valence-corrected chi connectivity index (χ2v) is 7.31. The Bertz CT molecular complexity index is 1380. The predicted octanol–water partition coefficient (Wildman–Crippen LogP) is 5.62. The van der Waals surface area contributed by atoms with E-state index < -0.39 is 0 Å². The molecule has 2 aromatic heterocycles. The number of anilines is 4. The third-order valence-electron chi connectivity index (χ3n) is 4.98. The van der Waals surface area contributed by atoms with Crippen molar-refractivity contribution in [2.45, 2.75) is 6.92 Å². The Morgan fingerprint density at radius 1 is 0.750 bits per heavy atom. The van der Waals surface area contributed by atoms with Gasteiger partial charge in [-0.1, -0.05) is 36.4 Å². The maximum Gasteiger partial charge on any atom is 0.175 e. The Morgan fingerprint density at radius 3 is 2.16 bits per heavy atom. The number of aryl methyl sites for hydroxylation is 1. The van der Waals surface area contributed by atoms with Crippen LogP contribution in [-0.4, -0.2) is 26.9 Å². The molecule has 5 aromatic rings. The number of hydrogen-bond donors (Lipinski definition) is 2. The minimum atomic E-state index is 0.601. The van der Waals surface area contributed by atoms with Crippen molar-refractivity contribution in [3.63, 3.8) is 0 Å². The third kappa shape index (κ3) is 3.96. The number of rotatable bonds is 6. The lowest BCUT2D eigenvalue weighted by Crippen LogP contribution is -2.07. The molecule has 2 heterocycles. The first-order valence-electron chi connectivity index (χ1n) is 10.3. The van der Waals surface area contributed by atoms with E-state index in [0.717, 1.165) is 39.7 Å². The molecule has 0 aliphatic rings. The van der Waals surface area contributed by atoms with Crippen molar-refractivity contribution in [1.82, 2.24) is 19.7 Å². The average Bonchev–Trinajstić information content (AvgIpc) is 3.20. The molecule has 0 saturated carbocycles. The monoisotopic (exact) mass is 422 g/mol. The number of aromatic nitrogens is 4. The molecule has 0 bridgehead atoms. The van der Waals surface area contributed by atoms with E-state index in [4.69, 9.17) is 14.7 Å². The van der Waals surface area contributed by atoms with Crippen molar-refractivity contribution in [3.05, 3.63) is 90.6 Å². The van der Waals surface area contributed by atoms with Crippen molar-refractivity contribution >= 4 is 34.2 Å². The quantitative estimate of drug-likeness (QED) is 0.370. The Labute approximate surface area is 185 Å². The number of fused-ring (bicyclic) bond motifs is 1. The number of nitrogens with one attached hydrogen (secondary N) is 2. The Kier molecular flexibility index (Phi) is 5.13. The molecule has 7 nitrogen and oxygen atoms in total. The first-order chi connectivity index (χ1) is 15.7. The number of para-hydroxylation sites is 3. The van der Waals surface area contributed by atoms with Crippen molar-refractivity contribution in [3.8, 4) is 11.4 Å². The van der Waals surface area contributed by atoms with Gasteiger partial charge in [0.25, 0.3) is 0 Å². The molecule has 0 aliphatic carbocycles. The molecule has 0 saturated heterocycles. The molecular formula is C25H22N6O. The average molecular weight is 422 g/mol. The highest BCUT2D eigenvalue weighted by molar-refractivity contribution is 5.83. The van der Waals surface area contributed by atoms with Crippen LogP contribution in [0.2, 0.25) is 0 Å². The second kappa shape index (κ2) is 8.39. The molecule has 2 N–H and O–H groups in total. The largest absolute Gasteiger partial charge is 0.497 e. The van der Waals surface area contributed by atoms with Gasteiger partial charge in [-0.25, -0.2) is 14.6 Å². The normalized spacial score (nSPS) is 10.8. The summed E-state index contributed by atoms with van der Waals surface area (Å²) in [4.78, 5) is 9.67. The van der Waals surface area contributed by atoms with Gasteiger partial charge in [0.15, 0.2) is 11.6 Å². The maximum atomic E-state index is 5.35. The molecule has 5 rings (SSSR count). The topological polar surface area (TPSA) is 76.9 Å². The molecule has 0 spiro atoms. The zero-order valence-corrected chi connectivity index (χ0v) is 17.8. The zero-order chi connectivity index (χ0) is 21.9. The van der Waals surface area contributed by atoms with E-state index in [1.54, 1.807) is 7.11 Å². The number of hydrogen-bond acceptors (Lipinski definition) is 6. The zero-order valence-electron chi connectivity index (χ0n) is 17.8. The molecule has 32 heavy (non-hydrogen) atoms. The first-order valence-corrected chi connectivity index (χ1v) is 10.3. The summed E-state index contributed by atoms with van der Waals surface area (Å²) in [7, 11) is 1.65. The minimum Gasteiger partial charge on any atom is -0.497 e. The van der Waals surface area contributed by atoms with E-state index >= 15 is 0 Å². The lowest BCUT2D eigenvalue weighted by Gasteiger charge is -2.15. The fraction of sp³-hybridized carbons (Fsp3) is 0.0800. The summed E-state index contributed by atoms with van der Waals surface area (Å²) in [6.45, 7) is 1.96. The summed E-state index contributed by atoms with van der Waals surface area (Å²) in [6, 6.07) is 27.5. The molecule has 0 amide bonds.